The van der Waals surface area contributed by atoms with Crippen LogP contribution in [0.4, 0.5) is 4.79 Å². The third kappa shape index (κ3) is 5.59. The van der Waals surface area contributed by atoms with E-state index in [4.69, 9.17) is 4.74 Å². The number of benzene rings is 1. The quantitative estimate of drug-likeness (QED) is 0.851. The molecule has 1 aliphatic rings. The van der Waals surface area contributed by atoms with Crippen LogP contribution in [0, 0.1) is 0 Å². The van der Waals surface area contributed by atoms with Crippen LogP contribution < -0.4 is 5.32 Å². The highest BCUT2D eigenvalue weighted by molar-refractivity contribution is 6.00. The highest BCUT2D eigenvalue weighted by Crippen LogP contribution is 2.20. The maximum Gasteiger partial charge on any atom is 0.410 e. The van der Waals surface area contributed by atoms with Gasteiger partial charge in [-0.15, -0.1) is 0 Å². The summed E-state index contributed by atoms with van der Waals surface area (Å²) in [5.74, 6) is -0.469. The average Bonchev–Trinajstić information content (AvgIpc) is 2.58. The summed E-state index contributed by atoms with van der Waals surface area (Å²) >= 11 is 0. The number of carbonyl (C=O) groups is 3. The first-order valence-electron chi connectivity index (χ1n) is 8.63. The van der Waals surface area contributed by atoms with Gasteiger partial charge in [-0.25, -0.2) is 4.79 Å². The zero-order valence-corrected chi connectivity index (χ0v) is 15.1. The largest absolute Gasteiger partial charge is 0.444 e. The highest BCUT2D eigenvalue weighted by atomic mass is 16.6. The Kier molecular flexibility index (Phi) is 6.17. The fourth-order valence-electron chi connectivity index (χ4n) is 2.75. The molecular weight excluding hydrogens is 320 g/mol. The van der Waals surface area contributed by atoms with Crippen LogP contribution in [0.3, 0.4) is 0 Å². The second-order valence-electron chi connectivity index (χ2n) is 7.19. The summed E-state index contributed by atoms with van der Waals surface area (Å²) in [7, 11) is 0. The van der Waals surface area contributed by atoms with E-state index in [-0.39, 0.29) is 18.2 Å². The Labute approximate surface area is 148 Å². The van der Waals surface area contributed by atoms with E-state index in [2.05, 4.69) is 5.32 Å². The first kappa shape index (κ1) is 19.0. The van der Waals surface area contributed by atoms with Gasteiger partial charge in [0.1, 0.15) is 11.6 Å². The van der Waals surface area contributed by atoms with Crippen LogP contribution in [0.15, 0.2) is 30.3 Å². The van der Waals surface area contributed by atoms with Gasteiger partial charge in [0.15, 0.2) is 5.78 Å². The average molecular weight is 346 g/mol. The first-order valence-corrected chi connectivity index (χ1v) is 8.63. The number of ether oxygens (including phenoxy) is 1. The molecule has 1 aliphatic heterocycles. The Morgan fingerprint density at radius 1 is 1.16 bits per heavy atom. The number of hydrogen-bond acceptors (Lipinski definition) is 4. The zero-order chi connectivity index (χ0) is 18.4. The standard InChI is InChI=1S/C19H26N2O4/c1-19(2,3)25-18(24)21-12-8-7-11-15(21)17(23)20-13-16(22)14-9-5-4-6-10-14/h4-6,9-10,15H,7-8,11-13H2,1-3H3,(H,20,23). The van der Waals surface area contributed by atoms with Crippen molar-refractivity contribution < 1.29 is 19.1 Å². The Morgan fingerprint density at radius 3 is 2.48 bits per heavy atom. The van der Waals surface area contributed by atoms with E-state index in [0.29, 0.717) is 18.5 Å². The number of nitrogens with one attached hydrogen (secondary N) is 1. The molecule has 6 heteroatoms. The summed E-state index contributed by atoms with van der Waals surface area (Å²) in [4.78, 5) is 38.4. The van der Waals surface area contributed by atoms with Crippen molar-refractivity contribution in [2.75, 3.05) is 13.1 Å². The van der Waals surface area contributed by atoms with Crippen molar-refractivity contribution in [3.8, 4) is 0 Å². The molecule has 0 aliphatic carbocycles. The van der Waals surface area contributed by atoms with Gasteiger partial charge in [-0.1, -0.05) is 30.3 Å². The summed E-state index contributed by atoms with van der Waals surface area (Å²) in [6, 6.07) is 8.22. The second kappa shape index (κ2) is 8.14. The predicted molar refractivity (Wildman–Crippen MR) is 94.4 cm³/mol. The van der Waals surface area contributed by atoms with Gasteiger partial charge in [-0.3, -0.25) is 14.5 Å². The predicted octanol–water partition coefficient (Wildman–Crippen LogP) is 2.78. The highest BCUT2D eigenvalue weighted by Gasteiger charge is 2.34. The van der Waals surface area contributed by atoms with Crippen molar-refractivity contribution in [3.05, 3.63) is 35.9 Å². The van der Waals surface area contributed by atoms with Gasteiger partial charge >= 0.3 is 6.09 Å². The number of piperidine rings is 1. The molecule has 136 valence electrons. The van der Waals surface area contributed by atoms with Crippen molar-refractivity contribution in [3.63, 3.8) is 0 Å². The molecule has 25 heavy (non-hydrogen) atoms. The first-order chi connectivity index (χ1) is 11.8. The van der Waals surface area contributed by atoms with Gasteiger partial charge in [0.05, 0.1) is 6.54 Å². The van der Waals surface area contributed by atoms with E-state index < -0.39 is 17.7 Å². The molecule has 0 saturated carbocycles. The number of Topliss-reactive ketones (excluding diaryl/α,β-unsaturated/α-hetero) is 1. The molecule has 2 rings (SSSR count). The van der Waals surface area contributed by atoms with E-state index >= 15 is 0 Å². The number of carbonyl (C=O) groups excluding carboxylic acids is 3. The Balaban J connectivity index is 1.96. The minimum absolute atomic E-state index is 0.0818. The molecule has 0 radical (unpaired) electrons. The fraction of sp³-hybridized carbons (Fsp3) is 0.526. The lowest BCUT2D eigenvalue weighted by atomic mass is 10.0. The van der Waals surface area contributed by atoms with Crippen molar-refractivity contribution in [2.45, 2.75) is 51.7 Å². The van der Waals surface area contributed by atoms with Crippen LogP contribution in [-0.4, -0.2) is 47.4 Å². The van der Waals surface area contributed by atoms with Gasteiger partial charge in [-0.2, -0.15) is 0 Å². The molecule has 1 aromatic carbocycles. The number of hydrogen-bond donors (Lipinski definition) is 1. The van der Waals surface area contributed by atoms with E-state index in [9.17, 15) is 14.4 Å². The van der Waals surface area contributed by atoms with Gasteiger partial charge in [-0.05, 0) is 40.0 Å². The number of likely N-dealkylation sites (tertiary alicyclic amines) is 1. The molecule has 1 fully saturated rings. The normalized spacial score (nSPS) is 17.7. The maximum atomic E-state index is 12.5. The smallest absolute Gasteiger partial charge is 0.410 e. The number of rotatable bonds is 4. The van der Waals surface area contributed by atoms with Crippen molar-refractivity contribution in [2.24, 2.45) is 0 Å². The topological polar surface area (TPSA) is 75.7 Å². The Hall–Kier alpha value is -2.37. The van der Waals surface area contributed by atoms with Crippen molar-refractivity contribution >= 4 is 17.8 Å². The third-order valence-corrected chi connectivity index (χ3v) is 3.95. The molecule has 1 atom stereocenters. The molecule has 1 aromatic rings. The third-order valence-electron chi connectivity index (χ3n) is 3.95. The SMILES string of the molecule is CC(C)(C)OC(=O)N1CCCCC1C(=O)NCC(=O)c1ccccc1. The van der Waals surface area contributed by atoms with Crippen molar-refractivity contribution in [1.82, 2.24) is 10.2 Å². The van der Waals surface area contributed by atoms with Crippen LogP contribution in [-0.2, 0) is 9.53 Å². The summed E-state index contributed by atoms with van der Waals surface area (Å²) < 4.78 is 5.39. The van der Waals surface area contributed by atoms with Crippen LogP contribution in [0.5, 0.6) is 0 Å². The lowest BCUT2D eigenvalue weighted by Crippen LogP contribution is -2.53. The Morgan fingerprint density at radius 2 is 1.84 bits per heavy atom. The zero-order valence-electron chi connectivity index (χ0n) is 15.1. The Bertz CT molecular complexity index is 622. The fourth-order valence-corrected chi connectivity index (χ4v) is 2.75. The van der Waals surface area contributed by atoms with Gasteiger partial charge in [0.2, 0.25) is 5.91 Å². The van der Waals surface area contributed by atoms with E-state index in [1.54, 1.807) is 45.0 Å². The minimum atomic E-state index is -0.612. The molecule has 1 N–H and O–H groups in total. The van der Waals surface area contributed by atoms with E-state index in [1.807, 2.05) is 6.07 Å². The minimum Gasteiger partial charge on any atom is -0.444 e. The lowest BCUT2D eigenvalue weighted by Gasteiger charge is -2.35. The van der Waals surface area contributed by atoms with Crippen molar-refractivity contribution in [1.29, 1.82) is 0 Å². The molecule has 1 unspecified atom stereocenters. The van der Waals surface area contributed by atoms with E-state index in [1.165, 1.54) is 4.90 Å². The van der Waals surface area contributed by atoms with Crippen LogP contribution in [0.2, 0.25) is 0 Å². The summed E-state index contributed by atoms with van der Waals surface area (Å²) in [6.45, 7) is 5.79. The summed E-state index contributed by atoms with van der Waals surface area (Å²) in [6.07, 6.45) is 1.79. The molecule has 6 nitrogen and oxygen atoms in total. The molecule has 2 amide bonds. The maximum absolute atomic E-state index is 12.5. The molecule has 0 bridgehead atoms. The second-order valence-corrected chi connectivity index (χ2v) is 7.19. The molecular formula is C19H26N2O4. The molecule has 0 aromatic heterocycles. The van der Waals surface area contributed by atoms with Crippen LogP contribution >= 0.6 is 0 Å². The van der Waals surface area contributed by atoms with Gasteiger partial charge in [0, 0.05) is 12.1 Å². The van der Waals surface area contributed by atoms with Gasteiger partial charge in [0.25, 0.3) is 0 Å². The number of amides is 2. The summed E-state index contributed by atoms with van der Waals surface area (Å²) in [5, 5.41) is 2.66. The van der Waals surface area contributed by atoms with Crippen LogP contribution in [0.25, 0.3) is 0 Å². The van der Waals surface area contributed by atoms with Crippen LogP contribution in [0.1, 0.15) is 50.4 Å². The van der Waals surface area contributed by atoms with Gasteiger partial charge < -0.3 is 10.1 Å². The molecule has 1 heterocycles. The monoisotopic (exact) mass is 346 g/mol. The lowest BCUT2D eigenvalue weighted by molar-refractivity contribution is -0.127. The number of ketones is 1. The number of nitrogens with zero attached hydrogens (tertiary/aromatic N) is 1. The van der Waals surface area contributed by atoms with E-state index in [0.717, 1.165) is 12.8 Å². The molecule has 0 spiro atoms. The molecule has 1 saturated heterocycles. The summed E-state index contributed by atoms with van der Waals surface area (Å²) in [5.41, 5.74) is -0.0609.